The standard InChI is InChI=1S/C31H28FN7O/c1-19-4-5-33-16-26(19)21-12-25-30(37-38-31(25)35-15-21)28-14-24-27(17-34-18-29(24)36-28)20-10-22(32)13-23(11-20)40-9-8-39-6-2-3-7-39/h4-5,10-18,36H,2-3,6-9H2,1H3,(H,35,37,38). The van der Waals surface area contributed by atoms with Gasteiger partial charge in [-0.2, -0.15) is 5.10 Å². The van der Waals surface area contributed by atoms with E-state index in [0.717, 1.165) is 69.6 Å². The Hall–Kier alpha value is -4.63. The molecule has 0 aliphatic carbocycles. The van der Waals surface area contributed by atoms with E-state index in [1.165, 1.54) is 25.0 Å². The van der Waals surface area contributed by atoms with Gasteiger partial charge in [-0.25, -0.2) is 9.37 Å². The van der Waals surface area contributed by atoms with E-state index in [1.807, 2.05) is 30.6 Å². The van der Waals surface area contributed by atoms with Gasteiger partial charge in [0.1, 0.15) is 18.2 Å². The fourth-order valence-corrected chi connectivity index (χ4v) is 5.53. The number of pyridine rings is 3. The molecule has 0 unspecified atom stereocenters. The molecular formula is C31H28FN7O. The number of aromatic amines is 2. The second-order valence-corrected chi connectivity index (χ2v) is 10.3. The minimum atomic E-state index is -0.342. The summed E-state index contributed by atoms with van der Waals surface area (Å²) in [7, 11) is 0. The van der Waals surface area contributed by atoms with Gasteiger partial charge < -0.3 is 9.72 Å². The monoisotopic (exact) mass is 533 g/mol. The van der Waals surface area contributed by atoms with Crippen molar-refractivity contribution in [1.82, 2.24) is 35.0 Å². The molecule has 1 fully saturated rings. The molecule has 6 heterocycles. The lowest BCUT2D eigenvalue weighted by Crippen LogP contribution is -2.25. The Morgan fingerprint density at radius 3 is 2.67 bits per heavy atom. The zero-order chi connectivity index (χ0) is 27.1. The number of likely N-dealkylation sites (tertiary alicyclic amines) is 1. The number of aromatic nitrogens is 6. The van der Waals surface area contributed by atoms with Crippen LogP contribution in [0.5, 0.6) is 5.75 Å². The van der Waals surface area contributed by atoms with Gasteiger partial charge in [-0.15, -0.1) is 0 Å². The van der Waals surface area contributed by atoms with E-state index < -0.39 is 0 Å². The van der Waals surface area contributed by atoms with Crippen molar-refractivity contribution in [1.29, 1.82) is 0 Å². The Labute approximate surface area is 230 Å². The van der Waals surface area contributed by atoms with E-state index in [1.54, 1.807) is 18.6 Å². The zero-order valence-corrected chi connectivity index (χ0v) is 22.1. The number of nitrogens with zero attached hydrogens (tertiary/aromatic N) is 5. The number of rotatable bonds is 7. The molecule has 40 heavy (non-hydrogen) atoms. The lowest BCUT2D eigenvalue weighted by molar-refractivity contribution is 0.237. The number of benzene rings is 1. The Kier molecular flexibility index (Phi) is 6.20. The highest BCUT2D eigenvalue weighted by atomic mass is 19.1. The van der Waals surface area contributed by atoms with E-state index in [4.69, 9.17) is 4.74 Å². The molecule has 2 N–H and O–H groups in total. The molecule has 5 aromatic heterocycles. The predicted octanol–water partition coefficient (Wildman–Crippen LogP) is 6.15. The number of halogens is 1. The van der Waals surface area contributed by atoms with Gasteiger partial charge in [0.25, 0.3) is 0 Å². The summed E-state index contributed by atoms with van der Waals surface area (Å²) in [5.74, 6) is 0.177. The summed E-state index contributed by atoms with van der Waals surface area (Å²) in [6, 6.07) is 10.9. The Morgan fingerprint density at radius 2 is 1.80 bits per heavy atom. The van der Waals surface area contributed by atoms with Crippen LogP contribution in [0.4, 0.5) is 4.39 Å². The largest absolute Gasteiger partial charge is 0.492 e. The van der Waals surface area contributed by atoms with E-state index >= 15 is 0 Å². The molecule has 0 spiro atoms. The number of nitrogens with one attached hydrogen (secondary N) is 2. The lowest BCUT2D eigenvalue weighted by Gasteiger charge is -2.15. The molecule has 1 aliphatic rings. The smallest absolute Gasteiger partial charge is 0.181 e. The van der Waals surface area contributed by atoms with Crippen LogP contribution in [0.2, 0.25) is 0 Å². The van der Waals surface area contributed by atoms with Gasteiger partial charge in [0.15, 0.2) is 5.65 Å². The fourth-order valence-electron chi connectivity index (χ4n) is 5.53. The van der Waals surface area contributed by atoms with Crippen molar-refractivity contribution >= 4 is 21.9 Å². The first-order valence-corrected chi connectivity index (χ1v) is 13.5. The highest BCUT2D eigenvalue weighted by Crippen LogP contribution is 2.35. The molecular weight excluding hydrogens is 505 g/mol. The van der Waals surface area contributed by atoms with Crippen molar-refractivity contribution < 1.29 is 9.13 Å². The average molecular weight is 534 g/mol. The van der Waals surface area contributed by atoms with Crippen molar-refractivity contribution in [2.75, 3.05) is 26.2 Å². The maximum atomic E-state index is 14.7. The summed E-state index contributed by atoms with van der Waals surface area (Å²) in [4.78, 5) is 19.1. The van der Waals surface area contributed by atoms with E-state index in [-0.39, 0.29) is 5.82 Å². The first-order chi connectivity index (χ1) is 19.6. The Bertz CT molecular complexity index is 1840. The molecule has 1 saturated heterocycles. The molecule has 0 bridgehead atoms. The fraction of sp³-hybridized carbons (Fsp3) is 0.226. The number of H-pyrrole nitrogens is 2. The summed E-state index contributed by atoms with van der Waals surface area (Å²) in [5.41, 5.74) is 7.76. The van der Waals surface area contributed by atoms with Gasteiger partial charge in [-0.1, -0.05) is 0 Å². The average Bonchev–Trinajstić information content (AvgIpc) is 3.72. The summed E-state index contributed by atoms with van der Waals surface area (Å²) >= 11 is 0. The summed E-state index contributed by atoms with van der Waals surface area (Å²) in [5, 5.41) is 9.39. The molecule has 200 valence electrons. The van der Waals surface area contributed by atoms with Gasteiger partial charge in [0, 0.05) is 64.9 Å². The highest BCUT2D eigenvalue weighted by molar-refractivity contribution is 6.00. The number of hydrogen-bond acceptors (Lipinski definition) is 6. The Balaban J connectivity index is 1.24. The SMILES string of the molecule is Cc1ccncc1-c1cnc2n[nH]c(-c3cc4c(-c5cc(F)cc(OCCN6CCCC6)c5)cncc4[nH]3)c2c1. The third-order valence-corrected chi connectivity index (χ3v) is 7.63. The number of fused-ring (bicyclic) bond motifs is 2. The van der Waals surface area contributed by atoms with Crippen LogP contribution in [-0.2, 0) is 0 Å². The molecule has 8 nitrogen and oxygen atoms in total. The van der Waals surface area contributed by atoms with Crippen LogP contribution in [0.3, 0.4) is 0 Å². The van der Waals surface area contributed by atoms with Crippen LogP contribution < -0.4 is 4.74 Å². The molecule has 0 amide bonds. The van der Waals surface area contributed by atoms with Gasteiger partial charge in [0.2, 0.25) is 0 Å². The summed E-state index contributed by atoms with van der Waals surface area (Å²) in [6.45, 7) is 5.64. The molecule has 9 heteroatoms. The maximum absolute atomic E-state index is 14.7. The van der Waals surface area contributed by atoms with Crippen LogP contribution in [0.25, 0.3) is 55.6 Å². The normalized spacial score (nSPS) is 13.9. The first-order valence-electron chi connectivity index (χ1n) is 13.5. The second kappa shape index (κ2) is 10.2. The minimum absolute atomic E-state index is 0.342. The predicted molar refractivity (Wildman–Crippen MR) is 154 cm³/mol. The summed E-state index contributed by atoms with van der Waals surface area (Å²) in [6.07, 6.45) is 11.5. The molecule has 6 aromatic rings. The van der Waals surface area contributed by atoms with Crippen molar-refractivity contribution in [3.05, 3.63) is 78.8 Å². The highest BCUT2D eigenvalue weighted by Gasteiger charge is 2.17. The maximum Gasteiger partial charge on any atom is 0.181 e. The van der Waals surface area contributed by atoms with E-state index in [2.05, 4.69) is 48.0 Å². The molecule has 1 aliphatic heterocycles. The topological polar surface area (TPSA) is 95.6 Å². The van der Waals surface area contributed by atoms with Crippen molar-refractivity contribution in [2.24, 2.45) is 0 Å². The van der Waals surface area contributed by atoms with Gasteiger partial charge in [-0.05, 0) is 74.3 Å². The quantitative estimate of drug-likeness (QED) is 0.256. The van der Waals surface area contributed by atoms with Crippen LogP contribution in [0, 0.1) is 12.7 Å². The number of aryl methyl sites for hydroxylation is 1. The van der Waals surface area contributed by atoms with Crippen LogP contribution >= 0.6 is 0 Å². The zero-order valence-electron chi connectivity index (χ0n) is 22.1. The molecule has 0 saturated carbocycles. The second-order valence-electron chi connectivity index (χ2n) is 10.3. The molecule has 0 radical (unpaired) electrons. The van der Waals surface area contributed by atoms with E-state index in [9.17, 15) is 4.39 Å². The molecule has 1 aromatic carbocycles. The third kappa shape index (κ3) is 4.58. The Morgan fingerprint density at radius 1 is 0.925 bits per heavy atom. The minimum Gasteiger partial charge on any atom is -0.492 e. The van der Waals surface area contributed by atoms with Crippen LogP contribution in [0.15, 0.2) is 67.4 Å². The van der Waals surface area contributed by atoms with Crippen LogP contribution in [-0.4, -0.2) is 61.3 Å². The van der Waals surface area contributed by atoms with Gasteiger partial charge in [-0.3, -0.25) is 20.0 Å². The van der Waals surface area contributed by atoms with E-state index in [0.29, 0.717) is 23.6 Å². The van der Waals surface area contributed by atoms with Crippen molar-refractivity contribution in [3.63, 3.8) is 0 Å². The van der Waals surface area contributed by atoms with Gasteiger partial charge >= 0.3 is 0 Å². The number of ether oxygens (including phenoxy) is 1. The molecule has 0 atom stereocenters. The molecule has 7 rings (SSSR count). The third-order valence-electron chi connectivity index (χ3n) is 7.63. The lowest BCUT2D eigenvalue weighted by atomic mass is 10.0. The number of hydrogen-bond donors (Lipinski definition) is 2. The van der Waals surface area contributed by atoms with Crippen LogP contribution in [0.1, 0.15) is 18.4 Å². The van der Waals surface area contributed by atoms with Crippen molar-refractivity contribution in [3.8, 4) is 39.4 Å². The summed E-state index contributed by atoms with van der Waals surface area (Å²) < 4.78 is 20.7. The first kappa shape index (κ1) is 24.4. The van der Waals surface area contributed by atoms with Gasteiger partial charge in [0.05, 0.1) is 23.1 Å². The van der Waals surface area contributed by atoms with Crippen molar-refractivity contribution in [2.45, 2.75) is 19.8 Å².